The predicted octanol–water partition coefficient (Wildman–Crippen LogP) is 4.46. The molecular formula is C14H21Cl2NO. The first-order chi connectivity index (χ1) is 8.39. The van der Waals surface area contributed by atoms with E-state index in [-0.39, 0.29) is 11.6 Å². The molecule has 1 aromatic rings. The summed E-state index contributed by atoms with van der Waals surface area (Å²) in [7, 11) is 3.69. The molecule has 102 valence electrons. The lowest BCUT2D eigenvalue weighted by Gasteiger charge is -2.26. The predicted molar refractivity (Wildman–Crippen MR) is 78.6 cm³/mol. The Hall–Kier alpha value is -0.280. The lowest BCUT2D eigenvalue weighted by molar-refractivity contribution is 0.0118. The number of nitrogens with one attached hydrogen (secondary N) is 1. The van der Waals surface area contributed by atoms with Crippen LogP contribution in [0.15, 0.2) is 18.2 Å². The van der Waals surface area contributed by atoms with Gasteiger partial charge in [0.05, 0.1) is 15.6 Å². The van der Waals surface area contributed by atoms with Crippen LogP contribution in [0.5, 0.6) is 0 Å². The third-order valence-corrected chi connectivity index (χ3v) is 4.02. The summed E-state index contributed by atoms with van der Waals surface area (Å²) in [5.74, 6) is 0. The quantitative estimate of drug-likeness (QED) is 0.835. The molecule has 0 spiro atoms. The van der Waals surface area contributed by atoms with Crippen LogP contribution in [0.3, 0.4) is 0 Å². The Bertz CT molecular complexity index is 393. The van der Waals surface area contributed by atoms with E-state index in [0.29, 0.717) is 10.0 Å². The van der Waals surface area contributed by atoms with Gasteiger partial charge in [-0.25, -0.2) is 0 Å². The Labute approximate surface area is 120 Å². The van der Waals surface area contributed by atoms with Gasteiger partial charge in [-0.3, -0.25) is 0 Å². The summed E-state index contributed by atoms with van der Waals surface area (Å²) in [4.78, 5) is 0. The highest BCUT2D eigenvalue weighted by Gasteiger charge is 2.19. The molecule has 0 radical (unpaired) electrons. The average Bonchev–Trinajstić information content (AvgIpc) is 2.34. The molecule has 0 fully saturated rings. The molecular weight excluding hydrogens is 269 g/mol. The Morgan fingerprint density at radius 2 is 1.94 bits per heavy atom. The Morgan fingerprint density at radius 3 is 2.44 bits per heavy atom. The van der Waals surface area contributed by atoms with Gasteiger partial charge in [0.15, 0.2) is 0 Å². The number of halogens is 2. The molecule has 1 aromatic carbocycles. The number of methoxy groups -OCH3 is 1. The summed E-state index contributed by atoms with van der Waals surface area (Å²) in [6.45, 7) is 4.18. The number of benzene rings is 1. The fraction of sp³-hybridized carbons (Fsp3) is 0.571. The largest absolute Gasteiger partial charge is 0.379 e. The van der Waals surface area contributed by atoms with Gasteiger partial charge in [0, 0.05) is 13.2 Å². The van der Waals surface area contributed by atoms with Gasteiger partial charge in [0.1, 0.15) is 0 Å². The van der Waals surface area contributed by atoms with Crippen molar-refractivity contribution in [3.8, 4) is 0 Å². The van der Waals surface area contributed by atoms with Crippen molar-refractivity contribution in [2.45, 2.75) is 38.3 Å². The molecule has 0 saturated heterocycles. The lowest BCUT2D eigenvalue weighted by Crippen LogP contribution is -2.26. The first-order valence-electron chi connectivity index (χ1n) is 6.07. The summed E-state index contributed by atoms with van der Waals surface area (Å²) in [5, 5.41) is 4.49. The minimum atomic E-state index is -0.106. The molecule has 0 aliphatic rings. The van der Waals surface area contributed by atoms with Gasteiger partial charge in [-0.1, -0.05) is 29.3 Å². The summed E-state index contributed by atoms with van der Waals surface area (Å²) < 4.78 is 5.44. The molecule has 1 unspecified atom stereocenters. The maximum atomic E-state index is 6.05. The van der Waals surface area contributed by atoms with Crippen molar-refractivity contribution in [3.63, 3.8) is 0 Å². The molecule has 1 N–H and O–H groups in total. The zero-order valence-electron chi connectivity index (χ0n) is 11.4. The molecule has 0 bridgehead atoms. The topological polar surface area (TPSA) is 21.3 Å². The van der Waals surface area contributed by atoms with Crippen LogP contribution in [0, 0.1) is 0 Å². The van der Waals surface area contributed by atoms with E-state index in [2.05, 4.69) is 19.2 Å². The average molecular weight is 290 g/mol. The first kappa shape index (κ1) is 15.8. The normalized spacial score (nSPS) is 13.7. The third kappa shape index (κ3) is 4.43. The molecule has 0 heterocycles. The molecule has 0 aliphatic carbocycles. The van der Waals surface area contributed by atoms with E-state index in [1.54, 1.807) is 7.11 Å². The van der Waals surface area contributed by atoms with E-state index in [4.69, 9.17) is 27.9 Å². The van der Waals surface area contributed by atoms with Crippen LogP contribution in [-0.2, 0) is 4.74 Å². The summed E-state index contributed by atoms with van der Waals surface area (Å²) in [6, 6.07) is 6.03. The van der Waals surface area contributed by atoms with Gasteiger partial charge in [0.25, 0.3) is 0 Å². The third-order valence-electron chi connectivity index (χ3n) is 3.28. The van der Waals surface area contributed by atoms with Gasteiger partial charge < -0.3 is 10.1 Å². The highest BCUT2D eigenvalue weighted by atomic mass is 35.5. The molecule has 2 nitrogen and oxygen atoms in total. The van der Waals surface area contributed by atoms with Crippen LogP contribution in [-0.4, -0.2) is 19.8 Å². The van der Waals surface area contributed by atoms with Crippen molar-refractivity contribution in [2.24, 2.45) is 0 Å². The Balaban J connectivity index is 2.74. The fourth-order valence-electron chi connectivity index (χ4n) is 1.80. The van der Waals surface area contributed by atoms with Gasteiger partial charge in [-0.15, -0.1) is 0 Å². The van der Waals surface area contributed by atoms with E-state index in [1.807, 2.05) is 25.2 Å². The van der Waals surface area contributed by atoms with Gasteiger partial charge in [-0.2, -0.15) is 0 Å². The molecule has 4 heteroatoms. The number of ether oxygens (including phenoxy) is 1. The second-order valence-corrected chi connectivity index (χ2v) is 5.83. The maximum Gasteiger partial charge on any atom is 0.0623 e. The molecule has 0 aliphatic heterocycles. The van der Waals surface area contributed by atoms with Gasteiger partial charge in [0.2, 0.25) is 0 Å². The summed E-state index contributed by atoms with van der Waals surface area (Å²) in [5.41, 5.74) is 1.05. The van der Waals surface area contributed by atoms with E-state index in [0.717, 1.165) is 18.4 Å². The molecule has 0 saturated carbocycles. The molecule has 0 amide bonds. The fourth-order valence-corrected chi connectivity index (χ4v) is 2.11. The smallest absolute Gasteiger partial charge is 0.0623 e. The van der Waals surface area contributed by atoms with E-state index < -0.39 is 0 Å². The highest BCUT2D eigenvalue weighted by Crippen LogP contribution is 2.29. The van der Waals surface area contributed by atoms with Crippen LogP contribution in [0.25, 0.3) is 0 Å². The van der Waals surface area contributed by atoms with Crippen molar-refractivity contribution in [2.75, 3.05) is 14.2 Å². The van der Waals surface area contributed by atoms with Crippen molar-refractivity contribution in [1.29, 1.82) is 0 Å². The zero-order valence-corrected chi connectivity index (χ0v) is 12.9. The molecule has 18 heavy (non-hydrogen) atoms. The Kier molecular flexibility index (Phi) is 5.93. The SMILES string of the molecule is CNC(CCC(C)(C)OC)c1ccc(Cl)c(Cl)c1. The van der Waals surface area contributed by atoms with Crippen molar-refractivity contribution in [1.82, 2.24) is 5.32 Å². The molecule has 0 aromatic heterocycles. The summed E-state index contributed by atoms with van der Waals surface area (Å²) in [6.07, 6.45) is 1.95. The van der Waals surface area contributed by atoms with Crippen LogP contribution >= 0.6 is 23.2 Å². The van der Waals surface area contributed by atoms with Gasteiger partial charge >= 0.3 is 0 Å². The summed E-state index contributed by atoms with van der Waals surface area (Å²) >= 11 is 12.0. The second kappa shape index (κ2) is 6.76. The van der Waals surface area contributed by atoms with E-state index >= 15 is 0 Å². The van der Waals surface area contributed by atoms with Crippen LogP contribution in [0.4, 0.5) is 0 Å². The van der Waals surface area contributed by atoms with Crippen molar-refractivity contribution < 1.29 is 4.74 Å². The monoisotopic (exact) mass is 289 g/mol. The van der Waals surface area contributed by atoms with Crippen LogP contribution in [0.2, 0.25) is 10.0 Å². The standard InChI is InChI=1S/C14H21Cl2NO/c1-14(2,18-4)8-7-13(17-3)10-5-6-11(15)12(16)9-10/h5-6,9,13,17H,7-8H2,1-4H3. The van der Waals surface area contributed by atoms with Crippen LogP contribution in [0.1, 0.15) is 38.3 Å². The van der Waals surface area contributed by atoms with E-state index in [9.17, 15) is 0 Å². The Morgan fingerprint density at radius 1 is 1.28 bits per heavy atom. The first-order valence-corrected chi connectivity index (χ1v) is 6.82. The molecule has 1 rings (SSSR count). The van der Waals surface area contributed by atoms with Crippen molar-refractivity contribution in [3.05, 3.63) is 33.8 Å². The maximum absolute atomic E-state index is 6.05. The molecule has 1 atom stereocenters. The van der Waals surface area contributed by atoms with Gasteiger partial charge in [-0.05, 0) is 51.4 Å². The van der Waals surface area contributed by atoms with E-state index in [1.165, 1.54) is 0 Å². The minimum Gasteiger partial charge on any atom is -0.379 e. The number of rotatable bonds is 6. The zero-order chi connectivity index (χ0) is 13.8. The van der Waals surface area contributed by atoms with Crippen LogP contribution < -0.4 is 5.32 Å². The minimum absolute atomic E-state index is 0.106. The lowest BCUT2D eigenvalue weighted by atomic mass is 9.95. The highest BCUT2D eigenvalue weighted by molar-refractivity contribution is 6.42. The number of hydrogen-bond acceptors (Lipinski definition) is 2. The van der Waals surface area contributed by atoms with Crippen molar-refractivity contribution >= 4 is 23.2 Å². The number of hydrogen-bond donors (Lipinski definition) is 1. The second-order valence-electron chi connectivity index (χ2n) is 5.02.